The molecule has 25 heavy (non-hydrogen) atoms. The summed E-state index contributed by atoms with van der Waals surface area (Å²) in [5.74, 6) is 0. The fraction of sp³-hybridized carbons (Fsp3) is 0.0476. The molecule has 0 amide bonds. The molecule has 0 atom stereocenters. The lowest BCUT2D eigenvalue weighted by Gasteiger charge is -2.12. The lowest BCUT2D eigenvalue weighted by atomic mass is 10.0. The van der Waals surface area contributed by atoms with Crippen LogP contribution in [0.1, 0.15) is 16.7 Å². The highest BCUT2D eigenvalue weighted by molar-refractivity contribution is 5.89. The van der Waals surface area contributed by atoms with Gasteiger partial charge < -0.3 is 5.73 Å². The number of rotatable bonds is 3. The number of aryl methyl sites for hydroxylation is 1. The minimum absolute atomic E-state index is 0.645. The van der Waals surface area contributed by atoms with Crippen LogP contribution < -0.4 is 5.73 Å². The van der Waals surface area contributed by atoms with E-state index < -0.39 is 0 Å². The van der Waals surface area contributed by atoms with Crippen molar-refractivity contribution in [2.45, 2.75) is 6.92 Å². The van der Waals surface area contributed by atoms with E-state index in [-0.39, 0.29) is 0 Å². The van der Waals surface area contributed by atoms with Crippen molar-refractivity contribution in [3.8, 4) is 0 Å². The highest BCUT2D eigenvalue weighted by Crippen LogP contribution is 2.25. The van der Waals surface area contributed by atoms with Crippen LogP contribution in [-0.4, -0.2) is 15.0 Å². The van der Waals surface area contributed by atoms with Crippen molar-refractivity contribution in [2.75, 3.05) is 0 Å². The van der Waals surface area contributed by atoms with Crippen LogP contribution in [-0.2, 0) is 0 Å². The largest absolute Gasteiger partial charge is 0.396 e. The average molecular weight is 326 g/mol. The first-order valence-electron chi connectivity index (χ1n) is 8.17. The molecule has 1 aromatic heterocycles. The summed E-state index contributed by atoms with van der Waals surface area (Å²) < 4.78 is 0. The maximum absolute atomic E-state index is 6.55. The molecule has 0 radical (unpaired) electrons. The predicted molar refractivity (Wildman–Crippen MR) is 102 cm³/mol. The average Bonchev–Trinajstić information content (AvgIpc) is 3.07. The second-order valence-electron chi connectivity index (χ2n) is 5.97. The highest BCUT2D eigenvalue weighted by atomic mass is 15.5. The molecule has 0 unspecified atom stereocenters. The summed E-state index contributed by atoms with van der Waals surface area (Å²) in [6.07, 6.45) is 0. The third-order valence-corrected chi connectivity index (χ3v) is 4.15. The Labute approximate surface area is 146 Å². The van der Waals surface area contributed by atoms with Gasteiger partial charge in [0.2, 0.25) is 0 Å². The molecule has 122 valence electrons. The number of aromatic nitrogens is 3. The van der Waals surface area contributed by atoms with Crippen molar-refractivity contribution < 1.29 is 0 Å². The van der Waals surface area contributed by atoms with Crippen molar-refractivity contribution in [3.05, 3.63) is 95.6 Å². The van der Waals surface area contributed by atoms with Crippen LogP contribution in [0.4, 0.5) is 0 Å². The Morgan fingerprint density at radius 2 is 1.28 bits per heavy atom. The number of hydrogen-bond donors (Lipinski definition) is 1. The maximum atomic E-state index is 6.55. The zero-order valence-electron chi connectivity index (χ0n) is 13.9. The Bertz CT molecular complexity index is 1010. The van der Waals surface area contributed by atoms with E-state index in [2.05, 4.69) is 29.3 Å². The Balaban J connectivity index is 1.96. The van der Waals surface area contributed by atoms with Gasteiger partial charge in [-0.1, -0.05) is 72.3 Å². The van der Waals surface area contributed by atoms with Crippen molar-refractivity contribution in [1.82, 2.24) is 15.0 Å². The molecule has 1 heterocycles. The predicted octanol–water partition coefficient (Wildman–Crippen LogP) is 4.07. The summed E-state index contributed by atoms with van der Waals surface area (Å²) in [5, 5.41) is 9.24. The Hall–Kier alpha value is -3.40. The van der Waals surface area contributed by atoms with E-state index in [1.807, 2.05) is 66.7 Å². The first-order valence-corrected chi connectivity index (χ1v) is 8.17. The van der Waals surface area contributed by atoms with Gasteiger partial charge in [0.25, 0.3) is 0 Å². The molecule has 0 saturated carbocycles. The van der Waals surface area contributed by atoms with E-state index in [1.54, 1.807) is 4.80 Å². The van der Waals surface area contributed by atoms with Gasteiger partial charge in [0.15, 0.2) is 0 Å². The van der Waals surface area contributed by atoms with E-state index in [0.29, 0.717) is 5.70 Å². The van der Waals surface area contributed by atoms with Crippen molar-refractivity contribution in [3.63, 3.8) is 0 Å². The summed E-state index contributed by atoms with van der Waals surface area (Å²) in [4.78, 5) is 1.63. The van der Waals surface area contributed by atoms with Gasteiger partial charge >= 0.3 is 0 Å². The summed E-state index contributed by atoms with van der Waals surface area (Å²) in [6, 6.07) is 26.0. The monoisotopic (exact) mass is 326 g/mol. The summed E-state index contributed by atoms with van der Waals surface area (Å²) in [7, 11) is 0. The number of nitrogens with two attached hydrogens (primary N) is 1. The third-order valence-electron chi connectivity index (χ3n) is 4.15. The maximum Gasteiger partial charge on any atom is 0.116 e. The molecule has 0 spiro atoms. The first-order chi connectivity index (χ1) is 12.2. The zero-order chi connectivity index (χ0) is 17.2. The SMILES string of the molecule is Cc1ccc(/C(N)=C(\c2ccccc2)n2nc3ccccc3n2)cc1. The van der Waals surface area contributed by atoms with Gasteiger partial charge in [-0.25, -0.2) is 0 Å². The molecule has 4 heteroatoms. The minimum Gasteiger partial charge on any atom is -0.396 e. The van der Waals surface area contributed by atoms with E-state index in [1.165, 1.54) is 5.56 Å². The second kappa shape index (κ2) is 6.24. The third kappa shape index (κ3) is 2.90. The molecular formula is C21H18N4. The van der Waals surface area contributed by atoms with Gasteiger partial charge in [-0.05, 0) is 24.6 Å². The van der Waals surface area contributed by atoms with Crippen LogP contribution in [0, 0.1) is 6.92 Å². The molecule has 4 nitrogen and oxygen atoms in total. The van der Waals surface area contributed by atoms with Crippen LogP contribution in [0.15, 0.2) is 78.9 Å². The number of benzene rings is 3. The summed E-state index contributed by atoms with van der Waals surface area (Å²) in [6.45, 7) is 2.06. The summed E-state index contributed by atoms with van der Waals surface area (Å²) in [5.41, 5.74) is 12.8. The van der Waals surface area contributed by atoms with Crippen molar-refractivity contribution in [2.24, 2.45) is 5.73 Å². The number of hydrogen-bond acceptors (Lipinski definition) is 3. The van der Waals surface area contributed by atoms with Crippen LogP contribution in [0.3, 0.4) is 0 Å². The Morgan fingerprint density at radius 3 is 1.88 bits per heavy atom. The smallest absolute Gasteiger partial charge is 0.116 e. The van der Waals surface area contributed by atoms with Gasteiger partial charge in [-0.2, -0.15) is 0 Å². The Kier molecular flexibility index (Phi) is 3.78. The lowest BCUT2D eigenvalue weighted by molar-refractivity contribution is 0.787. The Morgan fingerprint density at radius 1 is 0.720 bits per heavy atom. The van der Waals surface area contributed by atoms with Crippen molar-refractivity contribution in [1.29, 1.82) is 0 Å². The lowest BCUT2D eigenvalue weighted by Crippen LogP contribution is -2.11. The molecule has 4 rings (SSSR count). The minimum atomic E-state index is 0.645. The second-order valence-corrected chi connectivity index (χ2v) is 5.97. The van der Waals surface area contributed by atoms with Crippen LogP contribution in [0.25, 0.3) is 22.4 Å². The summed E-state index contributed by atoms with van der Waals surface area (Å²) >= 11 is 0. The van der Waals surface area contributed by atoms with Crippen LogP contribution >= 0.6 is 0 Å². The van der Waals surface area contributed by atoms with Crippen molar-refractivity contribution >= 4 is 22.4 Å². The number of nitrogens with zero attached hydrogens (tertiary/aromatic N) is 3. The standard InChI is InChI=1S/C21H18N4/c1-15-11-13-16(14-12-15)20(22)21(17-7-3-2-4-8-17)25-23-18-9-5-6-10-19(18)24-25/h2-14H,22H2,1H3/b21-20-. The van der Waals surface area contributed by atoms with E-state index >= 15 is 0 Å². The highest BCUT2D eigenvalue weighted by Gasteiger charge is 2.14. The molecule has 0 saturated heterocycles. The molecule has 2 N–H and O–H groups in total. The number of fused-ring (bicyclic) bond motifs is 1. The van der Waals surface area contributed by atoms with Gasteiger partial charge in [0.05, 0.1) is 5.70 Å². The fourth-order valence-electron chi connectivity index (χ4n) is 2.80. The fourth-order valence-corrected chi connectivity index (χ4v) is 2.80. The van der Waals surface area contributed by atoms with Gasteiger partial charge in [-0.15, -0.1) is 15.0 Å². The molecule has 0 fully saturated rings. The van der Waals surface area contributed by atoms with Gasteiger partial charge in [-0.3, -0.25) is 0 Å². The molecule has 0 aliphatic carbocycles. The van der Waals surface area contributed by atoms with Gasteiger partial charge in [0.1, 0.15) is 16.7 Å². The van der Waals surface area contributed by atoms with Crippen LogP contribution in [0.2, 0.25) is 0 Å². The van der Waals surface area contributed by atoms with E-state index in [0.717, 1.165) is 27.9 Å². The molecule has 0 aliphatic heterocycles. The van der Waals surface area contributed by atoms with E-state index in [9.17, 15) is 0 Å². The topological polar surface area (TPSA) is 56.7 Å². The quantitative estimate of drug-likeness (QED) is 0.577. The molecule has 3 aromatic carbocycles. The van der Waals surface area contributed by atoms with Gasteiger partial charge in [0, 0.05) is 5.56 Å². The molecule has 0 bridgehead atoms. The van der Waals surface area contributed by atoms with Crippen LogP contribution in [0.5, 0.6) is 0 Å². The molecule has 4 aromatic rings. The molecule has 0 aliphatic rings. The molecular weight excluding hydrogens is 308 g/mol. The normalized spacial score (nSPS) is 12.2. The first kappa shape index (κ1) is 15.1. The zero-order valence-corrected chi connectivity index (χ0v) is 13.9. The van der Waals surface area contributed by atoms with E-state index in [4.69, 9.17) is 5.73 Å².